The molecule has 2 amide bonds. The van der Waals surface area contributed by atoms with Crippen LogP contribution in [0.4, 0.5) is 4.79 Å². The van der Waals surface area contributed by atoms with E-state index >= 15 is 0 Å². The number of benzene rings is 2. The first-order chi connectivity index (χ1) is 14.5. The second-order valence-electron chi connectivity index (χ2n) is 6.51. The fraction of sp³-hybridized carbons (Fsp3) is 0.227. The average Bonchev–Trinajstić information content (AvgIpc) is 3.07. The highest BCUT2D eigenvalue weighted by molar-refractivity contribution is 5.92. The van der Waals surface area contributed by atoms with Crippen molar-refractivity contribution < 1.29 is 29.1 Å². The first-order valence-corrected chi connectivity index (χ1v) is 9.23. The van der Waals surface area contributed by atoms with Gasteiger partial charge in [0.2, 0.25) is 0 Å². The molecule has 0 saturated carbocycles. The molecule has 0 spiro atoms. The van der Waals surface area contributed by atoms with Crippen LogP contribution >= 0.6 is 0 Å². The average molecular weight is 408 g/mol. The summed E-state index contributed by atoms with van der Waals surface area (Å²) in [7, 11) is 0. The number of carboxylic acid groups (broad SMARTS) is 1. The Labute approximate surface area is 173 Å². The Balaban J connectivity index is 1.47. The molecule has 0 radical (unpaired) electrons. The van der Waals surface area contributed by atoms with Gasteiger partial charge in [-0.05, 0) is 35.1 Å². The van der Waals surface area contributed by atoms with E-state index in [2.05, 4.69) is 34.1 Å². The lowest BCUT2D eigenvalue weighted by Gasteiger charge is -2.14. The number of alkyl carbamates (subject to hydrolysis) is 1. The lowest BCUT2D eigenvalue weighted by atomic mass is 9.98. The number of hydroxylamine groups is 1. The normalized spacial score (nSPS) is 12.6. The molecule has 1 aliphatic carbocycles. The van der Waals surface area contributed by atoms with Crippen LogP contribution in [0.5, 0.6) is 0 Å². The molecule has 1 unspecified atom stereocenters. The molecule has 3 rings (SSSR count). The second kappa shape index (κ2) is 9.58. The minimum absolute atomic E-state index is 0.0478. The van der Waals surface area contributed by atoms with Crippen LogP contribution in [0.2, 0.25) is 0 Å². The molecule has 0 fully saturated rings. The number of amides is 2. The number of nitrogens with one attached hydrogen (secondary N) is 2. The quantitative estimate of drug-likeness (QED) is 0.498. The Morgan fingerprint density at radius 1 is 1.07 bits per heavy atom. The van der Waals surface area contributed by atoms with E-state index in [0.29, 0.717) is 0 Å². The van der Waals surface area contributed by atoms with E-state index in [1.54, 1.807) is 0 Å². The number of ether oxygens (including phenoxy) is 1. The van der Waals surface area contributed by atoms with Gasteiger partial charge in [-0.1, -0.05) is 54.5 Å². The van der Waals surface area contributed by atoms with E-state index in [0.717, 1.165) is 22.3 Å². The first kappa shape index (κ1) is 20.9. The Hall–Kier alpha value is -3.83. The molecule has 0 aromatic heterocycles. The number of carbonyl (C=O) groups is 3. The van der Waals surface area contributed by atoms with Crippen molar-refractivity contribution in [2.24, 2.45) is 0 Å². The van der Waals surface area contributed by atoms with E-state index in [9.17, 15) is 14.4 Å². The monoisotopic (exact) mass is 408 g/mol. The zero-order valence-electron chi connectivity index (χ0n) is 16.2. The number of carboxylic acids is 1. The van der Waals surface area contributed by atoms with Crippen LogP contribution < -0.4 is 10.8 Å². The van der Waals surface area contributed by atoms with Gasteiger partial charge in [0.25, 0.3) is 0 Å². The topological polar surface area (TPSA) is 114 Å². The van der Waals surface area contributed by atoms with Crippen molar-refractivity contribution in [2.75, 3.05) is 13.2 Å². The van der Waals surface area contributed by atoms with Gasteiger partial charge in [0.1, 0.15) is 6.61 Å². The summed E-state index contributed by atoms with van der Waals surface area (Å²) in [5.74, 6) is 2.50. The second-order valence-corrected chi connectivity index (χ2v) is 6.51. The van der Waals surface area contributed by atoms with Gasteiger partial charge in [-0.3, -0.25) is 9.63 Å². The number of rotatable bonds is 6. The molecular formula is C22H20N2O6. The smallest absolute Gasteiger partial charge is 0.407 e. The summed E-state index contributed by atoms with van der Waals surface area (Å²) in [5.41, 5.74) is 6.39. The molecule has 1 atom stereocenters. The summed E-state index contributed by atoms with van der Waals surface area (Å²) in [6.07, 6.45) is -1.85. The molecule has 0 saturated heterocycles. The van der Waals surface area contributed by atoms with E-state index in [-0.39, 0.29) is 19.1 Å². The van der Waals surface area contributed by atoms with Gasteiger partial charge in [0.15, 0.2) is 6.10 Å². The number of hydrogen-bond donors (Lipinski definition) is 3. The van der Waals surface area contributed by atoms with E-state index < -0.39 is 24.1 Å². The zero-order chi connectivity index (χ0) is 21.5. The molecule has 0 aliphatic heterocycles. The Morgan fingerprint density at radius 2 is 1.67 bits per heavy atom. The Morgan fingerprint density at radius 3 is 2.27 bits per heavy atom. The van der Waals surface area contributed by atoms with Crippen LogP contribution in [0.15, 0.2) is 48.5 Å². The summed E-state index contributed by atoms with van der Waals surface area (Å²) < 4.78 is 5.34. The van der Waals surface area contributed by atoms with Crippen molar-refractivity contribution >= 4 is 18.0 Å². The summed E-state index contributed by atoms with van der Waals surface area (Å²) in [6.45, 7) is 1.32. The van der Waals surface area contributed by atoms with Crippen LogP contribution in [0, 0.1) is 11.8 Å². The van der Waals surface area contributed by atoms with Crippen molar-refractivity contribution in [1.29, 1.82) is 0 Å². The van der Waals surface area contributed by atoms with Gasteiger partial charge >= 0.3 is 18.0 Å². The fourth-order valence-electron chi connectivity index (χ4n) is 3.11. The van der Waals surface area contributed by atoms with Crippen LogP contribution in [-0.2, 0) is 19.2 Å². The largest absolute Gasteiger partial charge is 0.479 e. The Bertz CT molecular complexity index is 978. The van der Waals surface area contributed by atoms with Crippen LogP contribution in [0.1, 0.15) is 24.0 Å². The molecule has 30 heavy (non-hydrogen) atoms. The van der Waals surface area contributed by atoms with Gasteiger partial charge < -0.3 is 15.2 Å². The third-order valence-corrected chi connectivity index (χ3v) is 4.54. The molecule has 1 aliphatic rings. The lowest BCUT2D eigenvalue weighted by molar-refractivity contribution is -0.157. The highest BCUT2D eigenvalue weighted by atomic mass is 16.7. The zero-order valence-corrected chi connectivity index (χ0v) is 16.2. The molecule has 8 heteroatoms. The summed E-state index contributed by atoms with van der Waals surface area (Å²) in [5, 5.41) is 11.1. The molecule has 3 N–H and O–H groups in total. The van der Waals surface area contributed by atoms with E-state index in [1.807, 2.05) is 41.9 Å². The van der Waals surface area contributed by atoms with E-state index in [4.69, 9.17) is 9.84 Å². The summed E-state index contributed by atoms with van der Waals surface area (Å²) in [6, 6.07) is 16.0. The standard InChI is InChI=1S/C22H20N2O6/c1-14(21(26)27)30-24-20(25)11-6-12-23-22(28)29-13-19-17-9-4-2-7-15(17)16-8-3-5-10-18(16)19/h2-5,7-10,14,19H,12-13H2,1H3,(H,23,28)(H,24,25)(H,26,27). The predicted molar refractivity (Wildman–Crippen MR) is 107 cm³/mol. The highest BCUT2D eigenvalue weighted by Gasteiger charge is 2.28. The number of hydrogen-bond acceptors (Lipinski definition) is 5. The third kappa shape index (κ3) is 4.96. The van der Waals surface area contributed by atoms with Crippen molar-refractivity contribution in [3.05, 3.63) is 59.7 Å². The fourth-order valence-corrected chi connectivity index (χ4v) is 3.11. The van der Waals surface area contributed by atoms with Crippen molar-refractivity contribution in [1.82, 2.24) is 10.8 Å². The minimum atomic E-state index is -1.22. The number of carbonyl (C=O) groups excluding carboxylic acids is 2. The SMILES string of the molecule is CC(ONC(=O)C#CCNC(=O)OCC1c2ccccc2-c2ccccc21)C(=O)O. The molecule has 0 heterocycles. The molecule has 0 bridgehead atoms. The third-order valence-electron chi connectivity index (χ3n) is 4.54. The van der Waals surface area contributed by atoms with Crippen molar-refractivity contribution in [3.8, 4) is 23.0 Å². The highest BCUT2D eigenvalue weighted by Crippen LogP contribution is 2.44. The van der Waals surface area contributed by atoms with Gasteiger partial charge in [0, 0.05) is 5.92 Å². The van der Waals surface area contributed by atoms with Crippen LogP contribution in [0.3, 0.4) is 0 Å². The van der Waals surface area contributed by atoms with Crippen molar-refractivity contribution in [3.63, 3.8) is 0 Å². The number of fused-ring (bicyclic) bond motifs is 3. The molecule has 154 valence electrons. The van der Waals surface area contributed by atoms with Gasteiger partial charge in [-0.15, -0.1) is 0 Å². The number of aliphatic carboxylic acids is 1. The van der Waals surface area contributed by atoms with Crippen LogP contribution in [-0.4, -0.2) is 42.3 Å². The predicted octanol–water partition coefficient (Wildman–Crippen LogP) is 2.05. The maximum atomic E-state index is 12.0. The molecule has 2 aromatic carbocycles. The molecule has 8 nitrogen and oxygen atoms in total. The Kier molecular flexibility index (Phi) is 6.67. The van der Waals surface area contributed by atoms with Gasteiger partial charge in [0.05, 0.1) is 6.54 Å². The van der Waals surface area contributed by atoms with Gasteiger partial charge in [-0.2, -0.15) is 0 Å². The van der Waals surface area contributed by atoms with Gasteiger partial charge in [-0.25, -0.2) is 15.1 Å². The van der Waals surface area contributed by atoms with E-state index in [1.165, 1.54) is 6.92 Å². The maximum Gasteiger partial charge on any atom is 0.407 e. The van der Waals surface area contributed by atoms with Crippen molar-refractivity contribution in [2.45, 2.75) is 18.9 Å². The summed E-state index contributed by atoms with van der Waals surface area (Å²) >= 11 is 0. The summed E-state index contributed by atoms with van der Waals surface area (Å²) in [4.78, 5) is 38.5. The van der Waals surface area contributed by atoms with Crippen LogP contribution in [0.25, 0.3) is 11.1 Å². The lowest BCUT2D eigenvalue weighted by Crippen LogP contribution is -2.31. The maximum absolute atomic E-state index is 12.0. The minimum Gasteiger partial charge on any atom is -0.479 e. The first-order valence-electron chi connectivity index (χ1n) is 9.23. The molecule has 2 aromatic rings. The molecular weight excluding hydrogens is 388 g/mol.